The minimum Gasteiger partial charge on any atom is -0.377 e. The molecule has 2 aliphatic heterocycles. The molecule has 0 spiro atoms. The summed E-state index contributed by atoms with van der Waals surface area (Å²) in [5.74, 6) is -0.254. The second-order valence-electron chi connectivity index (χ2n) is 5.50. The molecule has 2 aliphatic rings. The Kier molecular flexibility index (Phi) is 3.82. The zero-order valence-corrected chi connectivity index (χ0v) is 12.4. The second-order valence-corrected chi connectivity index (χ2v) is 5.50. The smallest absolute Gasteiger partial charge is 0.252 e. The van der Waals surface area contributed by atoms with Crippen LogP contribution in [0.1, 0.15) is 18.1 Å². The third-order valence-corrected chi connectivity index (χ3v) is 4.19. The predicted molar refractivity (Wildman–Crippen MR) is 79.2 cm³/mol. The van der Waals surface area contributed by atoms with Gasteiger partial charge in [0.2, 0.25) is 5.91 Å². The lowest BCUT2D eigenvalue weighted by Gasteiger charge is -2.36. The molecule has 1 unspecified atom stereocenters. The number of morpholine rings is 1. The average Bonchev–Trinajstić information content (AvgIpc) is 2.97. The Balaban J connectivity index is 1.88. The van der Waals surface area contributed by atoms with E-state index >= 15 is 0 Å². The van der Waals surface area contributed by atoms with Crippen LogP contribution in [0.15, 0.2) is 18.2 Å². The lowest BCUT2D eigenvalue weighted by molar-refractivity contribution is -0.145. The van der Waals surface area contributed by atoms with Crippen molar-refractivity contribution in [3.63, 3.8) is 0 Å². The van der Waals surface area contributed by atoms with Crippen LogP contribution < -0.4 is 4.90 Å². The van der Waals surface area contributed by atoms with Gasteiger partial charge in [0.05, 0.1) is 24.8 Å². The molecule has 0 radical (unpaired) electrons. The molecule has 1 aromatic carbocycles. The van der Waals surface area contributed by atoms with Gasteiger partial charge in [-0.1, -0.05) is 6.07 Å². The quantitative estimate of drug-likeness (QED) is 0.765. The van der Waals surface area contributed by atoms with Crippen LogP contribution in [-0.4, -0.2) is 49.1 Å². The molecule has 0 N–H and O–H groups in total. The molecule has 22 heavy (non-hydrogen) atoms. The summed E-state index contributed by atoms with van der Waals surface area (Å²) in [6, 6.07) is 6.91. The summed E-state index contributed by atoms with van der Waals surface area (Å²) in [5, 5.41) is 9.03. The number of anilines is 1. The molecule has 2 amide bonds. The van der Waals surface area contributed by atoms with Gasteiger partial charge in [0.25, 0.3) is 5.91 Å². The van der Waals surface area contributed by atoms with E-state index in [2.05, 4.69) is 6.07 Å². The molecular weight excluding hydrogens is 282 g/mol. The summed E-state index contributed by atoms with van der Waals surface area (Å²) in [7, 11) is 0. The monoisotopic (exact) mass is 299 g/mol. The number of nitriles is 1. The van der Waals surface area contributed by atoms with Gasteiger partial charge in [0.1, 0.15) is 6.04 Å². The molecule has 3 rings (SSSR count). The van der Waals surface area contributed by atoms with Gasteiger partial charge in [0.15, 0.2) is 0 Å². The second kappa shape index (κ2) is 5.78. The maximum Gasteiger partial charge on any atom is 0.252 e. The minimum absolute atomic E-state index is 0.119. The van der Waals surface area contributed by atoms with E-state index in [4.69, 9.17) is 10.00 Å². The predicted octanol–water partition coefficient (Wildman–Crippen LogP) is 0.695. The zero-order valence-electron chi connectivity index (χ0n) is 12.4. The normalized spacial score (nSPS) is 20.5. The van der Waals surface area contributed by atoms with Crippen LogP contribution >= 0.6 is 0 Å². The lowest BCUT2D eigenvalue weighted by atomic mass is 10.1. The van der Waals surface area contributed by atoms with Crippen molar-refractivity contribution in [3.05, 3.63) is 29.3 Å². The van der Waals surface area contributed by atoms with Crippen molar-refractivity contribution in [2.75, 3.05) is 31.2 Å². The van der Waals surface area contributed by atoms with E-state index in [1.807, 2.05) is 6.07 Å². The van der Waals surface area contributed by atoms with Crippen molar-refractivity contribution in [2.24, 2.45) is 0 Å². The Labute approximate surface area is 128 Å². The first-order chi connectivity index (χ1) is 10.6. The van der Waals surface area contributed by atoms with Crippen molar-refractivity contribution in [2.45, 2.75) is 19.4 Å². The van der Waals surface area contributed by atoms with Crippen LogP contribution in [0.4, 0.5) is 5.69 Å². The largest absolute Gasteiger partial charge is 0.377 e. The van der Waals surface area contributed by atoms with E-state index in [1.165, 1.54) is 6.92 Å². The average molecular weight is 299 g/mol. The fourth-order valence-corrected chi connectivity index (χ4v) is 3.04. The molecule has 0 bridgehead atoms. The van der Waals surface area contributed by atoms with Gasteiger partial charge in [-0.3, -0.25) is 9.59 Å². The Morgan fingerprint density at radius 2 is 2.18 bits per heavy atom. The number of hydrogen-bond donors (Lipinski definition) is 0. The maximum atomic E-state index is 12.8. The Morgan fingerprint density at radius 1 is 1.36 bits per heavy atom. The first-order valence-electron chi connectivity index (χ1n) is 7.31. The first kappa shape index (κ1) is 14.5. The van der Waals surface area contributed by atoms with Gasteiger partial charge in [-0.25, -0.2) is 0 Å². The third-order valence-electron chi connectivity index (χ3n) is 4.19. The van der Waals surface area contributed by atoms with Crippen LogP contribution in [0, 0.1) is 11.3 Å². The summed E-state index contributed by atoms with van der Waals surface area (Å²) < 4.78 is 5.38. The molecule has 0 aliphatic carbocycles. The summed E-state index contributed by atoms with van der Waals surface area (Å²) in [6.45, 7) is 3.16. The number of benzene rings is 1. The van der Waals surface area contributed by atoms with Crippen molar-refractivity contribution in [1.82, 2.24) is 4.90 Å². The van der Waals surface area contributed by atoms with Gasteiger partial charge < -0.3 is 14.5 Å². The van der Waals surface area contributed by atoms with E-state index in [-0.39, 0.29) is 18.4 Å². The highest BCUT2D eigenvalue weighted by Crippen LogP contribution is 2.30. The van der Waals surface area contributed by atoms with Crippen molar-refractivity contribution >= 4 is 17.5 Å². The first-order valence-corrected chi connectivity index (χ1v) is 7.31. The number of ether oxygens (including phenoxy) is 1. The van der Waals surface area contributed by atoms with E-state index < -0.39 is 6.04 Å². The molecule has 0 saturated carbocycles. The molecule has 1 aromatic rings. The zero-order chi connectivity index (χ0) is 15.7. The molecule has 114 valence electrons. The van der Waals surface area contributed by atoms with Crippen LogP contribution in [0.2, 0.25) is 0 Å². The third kappa shape index (κ3) is 2.44. The number of fused-ring (bicyclic) bond motifs is 1. The lowest BCUT2D eigenvalue weighted by Crippen LogP contribution is -2.56. The van der Waals surface area contributed by atoms with E-state index in [0.29, 0.717) is 25.3 Å². The van der Waals surface area contributed by atoms with Gasteiger partial charge in [0, 0.05) is 25.7 Å². The highest BCUT2D eigenvalue weighted by Gasteiger charge is 2.36. The molecule has 6 nitrogen and oxygen atoms in total. The number of carbonyl (C=O) groups excluding carboxylic acids is 2. The van der Waals surface area contributed by atoms with E-state index in [0.717, 1.165) is 17.7 Å². The number of hydrogen-bond acceptors (Lipinski definition) is 4. The number of carbonyl (C=O) groups is 2. The molecule has 1 fully saturated rings. The fourth-order valence-electron chi connectivity index (χ4n) is 3.04. The highest BCUT2D eigenvalue weighted by molar-refractivity contribution is 6.01. The van der Waals surface area contributed by atoms with Gasteiger partial charge in [-0.2, -0.15) is 5.26 Å². The number of rotatable bonds is 1. The molecular formula is C16H17N3O3. The summed E-state index contributed by atoms with van der Waals surface area (Å²) in [5.41, 5.74) is 2.36. The van der Waals surface area contributed by atoms with E-state index in [9.17, 15) is 9.59 Å². The molecule has 0 aromatic heterocycles. The summed E-state index contributed by atoms with van der Waals surface area (Å²) in [4.78, 5) is 27.8. The number of nitrogens with zero attached hydrogens (tertiary/aromatic N) is 3. The van der Waals surface area contributed by atoms with Crippen LogP contribution in [0.25, 0.3) is 0 Å². The van der Waals surface area contributed by atoms with Crippen LogP contribution in [0.5, 0.6) is 0 Å². The summed E-state index contributed by atoms with van der Waals surface area (Å²) >= 11 is 0. The van der Waals surface area contributed by atoms with Crippen molar-refractivity contribution in [3.8, 4) is 6.07 Å². The minimum atomic E-state index is -0.581. The Bertz CT molecular complexity index is 665. The van der Waals surface area contributed by atoms with Crippen LogP contribution in [-0.2, 0) is 20.7 Å². The SMILES string of the molecule is CC(=O)N1CCOCC1C(=O)N1CCc2ccc(C#N)cc21. The van der Waals surface area contributed by atoms with Crippen molar-refractivity contribution in [1.29, 1.82) is 5.26 Å². The van der Waals surface area contributed by atoms with Gasteiger partial charge in [-0.15, -0.1) is 0 Å². The van der Waals surface area contributed by atoms with Crippen LogP contribution in [0.3, 0.4) is 0 Å². The highest BCUT2D eigenvalue weighted by atomic mass is 16.5. The summed E-state index contributed by atoms with van der Waals surface area (Å²) in [6.07, 6.45) is 0.764. The van der Waals surface area contributed by atoms with Crippen molar-refractivity contribution < 1.29 is 14.3 Å². The van der Waals surface area contributed by atoms with Gasteiger partial charge in [-0.05, 0) is 24.1 Å². The van der Waals surface area contributed by atoms with Gasteiger partial charge >= 0.3 is 0 Å². The number of amides is 2. The molecule has 1 saturated heterocycles. The standard InChI is InChI=1S/C16H17N3O3/c1-11(20)18-6-7-22-10-15(18)16(21)19-5-4-13-3-2-12(9-17)8-14(13)19/h2-3,8,15H,4-7,10H2,1H3. The fraction of sp³-hybridized carbons (Fsp3) is 0.438. The molecule has 6 heteroatoms. The Morgan fingerprint density at radius 3 is 2.91 bits per heavy atom. The van der Waals surface area contributed by atoms with E-state index in [1.54, 1.807) is 21.9 Å². The topological polar surface area (TPSA) is 73.6 Å². The molecule has 2 heterocycles. The Hall–Kier alpha value is -2.39. The maximum absolute atomic E-state index is 12.8. The molecule has 1 atom stereocenters.